The lowest BCUT2D eigenvalue weighted by molar-refractivity contribution is -0.0552. The number of alkyl halides is 3. The molecule has 0 aromatic heterocycles. The molecule has 0 spiro atoms. The van der Waals surface area contributed by atoms with Crippen molar-refractivity contribution in [3.8, 4) is 0 Å². The van der Waals surface area contributed by atoms with E-state index in [0.29, 0.717) is 0 Å². The number of halogens is 4. The quantitative estimate of drug-likeness (QED) is 0.434. The highest BCUT2D eigenvalue weighted by atomic mass is 35.5. The number of aliphatic imine (C=N–C) groups is 1. The van der Waals surface area contributed by atoms with E-state index < -0.39 is 11.2 Å². The second-order valence-corrected chi connectivity index (χ2v) is 3.22. The lowest BCUT2D eigenvalue weighted by Gasteiger charge is -2.04. The molecule has 14 heavy (non-hydrogen) atoms. The SMILES string of the molecule is FC(F)(F)C(S)=Nc1ccccc1Cl. The van der Waals surface area contributed by atoms with Crippen LogP contribution < -0.4 is 0 Å². The van der Waals surface area contributed by atoms with Gasteiger partial charge in [-0.3, -0.25) is 0 Å². The van der Waals surface area contributed by atoms with E-state index in [1.54, 1.807) is 12.1 Å². The van der Waals surface area contributed by atoms with Gasteiger partial charge in [-0.2, -0.15) is 13.2 Å². The molecule has 0 unspecified atom stereocenters. The number of rotatable bonds is 1. The molecule has 0 bridgehead atoms. The Morgan fingerprint density at radius 2 is 1.86 bits per heavy atom. The summed E-state index contributed by atoms with van der Waals surface area (Å²) in [4.78, 5) is 3.25. The van der Waals surface area contributed by atoms with E-state index >= 15 is 0 Å². The Morgan fingerprint density at radius 1 is 1.29 bits per heavy atom. The molecule has 0 amide bonds. The predicted molar refractivity (Wildman–Crippen MR) is 53.6 cm³/mol. The topological polar surface area (TPSA) is 12.4 Å². The zero-order valence-electron chi connectivity index (χ0n) is 6.72. The minimum Gasteiger partial charge on any atom is -0.236 e. The maximum absolute atomic E-state index is 12.0. The van der Waals surface area contributed by atoms with Gasteiger partial charge < -0.3 is 0 Å². The van der Waals surface area contributed by atoms with E-state index in [4.69, 9.17) is 11.6 Å². The summed E-state index contributed by atoms with van der Waals surface area (Å²) in [7, 11) is 0. The van der Waals surface area contributed by atoms with Gasteiger partial charge >= 0.3 is 6.18 Å². The van der Waals surface area contributed by atoms with Gasteiger partial charge in [0.25, 0.3) is 0 Å². The third-order valence-corrected chi connectivity index (χ3v) is 2.01. The zero-order valence-corrected chi connectivity index (χ0v) is 8.37. The molecule has 6 heteroatoms. The Balaban J connectivity index is 3.04. The molecule has 1 aromatic carbocycles. The zero-order chi connectivity index (χ0) is 10.8. The summed E-state index contributed by atoms with van der Waals surface area (Å²) in [5.74, 6) is 0. The smallest absolute Gasteiger partial charge is 0.236 e. The van der Waals surface area contributed by atoms with Crippen LogP contribution in [0.25, 0.3) is 0 Å². The van der Waals surface area contributed by atoms with Crippen molar-refractivity contribution in [1.29, 1.82) is 0 Å². The van der Waals surface area contributed by atoms with Crippen molar-refractivity contribution in [2.45, 2.75) is 6.18 Å². The highest BCUT2D eigenvalue weighted by Gasteiger charge is 2.33. The van der Waals surface area contributed by atoms with Crippen LogP contribution in [0.2, 0.25) is 5.02 Å². The monoisotopic (exact) mass is 239 g/mol. The molecular formula is C8H5ClF3NS. The summed E-state index contributed by atoms with van der Waals surface area (Å²) in [5, 5.41) is -1.06. The third kappa shape index (κ3) is 2.92. The second kappa shape index (κ2) is 4.23. The molecular weight excluding hydrogens is 235 g/mol. The molecule has 1 aromatic rings. The Labute approximate surface area is 89.0 Å². The van der Waals surface area contributed by atoms with Gasteiger partial charge in [0.2, 0.25) is 0 Å². The van der Waals surface area contributed by atoms with Crippen LogP contribution in [0.15, 0.2) is 29.3 Å². The number of nitrogens with zero attached hydrogens (tertiary/aromatic N) is 1. The lowest BCUT2D eigenvalue weighted by atomic mass is 10.3. The summed E-state index contributed by atoms with van der Waals surface area (Å²) in [5.41, 5.74) is 0.0523. The van der Waals surface area contributed by atoms with Crippen LogP contribution in [0.4, 0.5) is 18.9 Å². The van der Waals surface area contributed by atoms with Gasteiger partial charge in [-0.05, 0) is 12.1 Å². The van der Waals surface area contributed by atoms with Crippen molar-refractivity contribution < 1.29 is 13.2 Å². The molecule has 1 nitrogen and oxygen atoms in total. The molecule has 0 radical (unpaired) electrons. The molecule has 0 saturated carbocycles. The molecule has 0 N–H and O–H groups in total. The van der Waals surface area contributed by atoms with Crippen molar-refractivity contribution in [3.05, 3.63) is 29.3 Å². The number of hydrogen-bond donors (Lipinski definition) is 1. The predicted octanol–water partition coefficient (Wildman–Crippen LogP) is 3.86. The van der Waals surface area contributed by atoms with Crippen LogP contribution in [0.3, 0.4) is 0 Å². The summed E-state index contributed by atoms with van der Waals surface area (Å²) < 4.78 is 36.0. The van der Waals surface area contributed by atoms with E-state index in [9.17, 15) is 13.2 Å². The van der Waals surface area contributed by atoms with Crippen LogP contribution in [-0.2, 0) is 0 Å². The first-order chi connectivity index (χ1) is 6.41. The van der Waals surface area contributed by atoms with Crippen molar-refractivity contribution in [2.24, 2.45) is 4.99 Å². The van der Waals surface area contributed by atoms with Crippen LogP contribution >= 0.6 is 24.2 Å². The van der Waals surface area contributed by atoms with E-state index in [0.717, 1.165) is 0 Å². The summed E-state index contributed by atoms with van der Waals surface area (Å²) in [6, 6.07) is 5.98. The molecule has 0 aliphatic heterocycles. The highest BCUT2D eigenvalue weighted by molar-refractivity contribution is 7.97. The molecule has 1 rings (SSSR count). The largest absolute Gasteiger partial charge is 0.439 e. The first-order valence-electron chi connectivity index (χ1n) is 3.50. The molecule has 76 valence electrons. The van der Waals surface area contributed by atoms with Crippen molar-refractivity contribution in [3.63, 3.8) is 0 Å². The fourth-order valence-electron chi connectivity index (χ4n) is 0.720. The van der Waals surface area contributed by atoms with Gasteiger partial charge in [-0.1, -0.05) is 23.7 Å². The fourth-order valence-corrected chi connectivity index (χ4v) is 1.01. The molecule has 0 aliphatic rings. The summed E-state index contributed by atoms with van der Waals surface area (Å²) >= 11 is 8.85. The van der Waals surface area contributed by atoms with Gasteiger partial charge in [0.1, 0.15) is 0 Å². The van der Waals surface area contributed by atoms with Crippen LogP contribution in [0.1, 0.15) is 0 Å². The van der Waals surface area contributed by atoms with E-state index in [2.05, 4.69) is 17.6 Å². The maximum atomic E-state index is 12.0. The Bertz CT molecular complexity index is 362. The minimum atomic E-state index is -4.54. The normalized spacial score (nSPS) is 13.1. The van der Waals surface area contributed by atoms with E-state index in [-0.39, 0.29) is 10.7 Å². The molecule has 0 heterocycles. The number of hydrogen-bond acceptors (Lipinski definition) is 1. The Hall–Kier alpha value is -0.680. The minimum absolute atomic E-state index is 0.0523. The molecule has 0 atom stereocenters. The molecule has 0 aliphatic carbocycles. The highest BCUT2D eigenvalue weighted by Crippen LogP contribution is 2.28. The van der Waals surface area contributed by atoms with Crippen LogP contribution in [0.5, 0.6) is 0 Å². The summed E-state index contributed by atoms with van der Waals surface area (Å²) in [6.45, 7) is 0. The number of para-hydroxylation sites is 1. The van der Waals surface area contributed by atoms with Crippen molar-refractivity contribution >= 4 is 35.0 Å². The van der Waals surface area contributed by atoms with Crippen LogP contribution in [0, 0.1) is 0 Å². The summed E-state index contributed by atoms with van der Waals surface area (Å²) in [6.07, 6.45) is -4.54. The average molecular weight is 240 g/mol. The average Bonchev–Trinajstić information content (AvgIpc) is 2.07. The third-order valence-electron chi connectivity index (χ3n) is 1.33. The van der Waals surface area contributed by atoms with Gasteiger partial charge in [-0.25, -0.2) is 4.99 Å². The number of benzene rings is 1. The van der Waals surface area contributed by atoms with Gasteiger partial charge in [0.05, 0.1) is 10.7 Å². The van der Waals surface area contributed by atoms with Crippen molar-refractivity contribution in [1.82, 2.24) is 0 Å². The first-order valence-corrected chi connectivity index (χ1v) is 4.33. The first kappa shape index (κ1) is 11.4. The standard InChI is InChI=1S/C8H5ClF3NS/c9-5-3-1-2-4-6(5)13-7(14)8(10,11)12/h1-4H,(H,13,14). The van der Waals surface area contributed by atoms with Crippen molar-refractivity contribution in [2.75, 3.05) is 0 Å². The maximum Gasteiger partial charge on any atom is 0.439 e. The Kier molecular flexibility index (Phi) is 3.44. The second-order valence-electron chi connectivity index (χ2n) is 2.38. The van der Waals surface area contributed by atoms with Gasteiger partial charge in [-0.15, -0.1) is 12.6 Å². The lowest BCUT2D eigenvalue weighted by Crippen LogP contribution is -2.16. The fraction of sp³-hybridized carbons (Fsp3) is 0.125. The molecule has 0 saturated heterocycles. The number of thiol groups is 1. The van der Waals surface area contributed by atoms with Gasteiger partial charge in [0, 0.05) is 0 Å². The van der Waals surface area contributed by atoms with Crippen LogP contribution in [-0.4, -0.2) is 11.2 Å². The van der Waals surface area contributed by atoms with E-state index in [1.165, 1.54) is 12.1 Å². The Morgan fingerprint density at radius 3 is 2.36 bits per heavy atom. The van der Waals surface area contributed by atoms with Gasteiger partial charge in [0.15, 0.2) is 5.04 Å². The van der Waals surface area contributed by atoms with E-state index in [1.807, 2.05) is 0 Å². The molecule has 0 fully saturated rings.